The lowest BCUT2D eigenvalue weighted by Crippen LogP contribution is -2.29. The predicted octanol–water partition coefficient (Wildman–Crippen LogP) is 0.493. The van der Waals surface area contributed by atoms with Crippen LogP contribution < -0.4 is 0 Å². The number of hydrogen-bond acceptors (Lipinski definition) is 4. The number of benzene rings is 1. The molecule has 0 spiro atoms. The largest absolute Gasteiger partial charge is 0.395 e. The Morgan fingerprint density at radius 3 is 2.21 bits per heavy atom. The van der Waals surface area contributed by atoms with Crippen LogP contribution in [0.2, 0.25) is 0 Å². The zero-order valence-electron chi connectivity index (χ0n) is 7.71. The summed E-state index contributed by atoms with van der Waals surface area (Å²) >= 11 is 1.36. The van der Waals surface area contributed by atoms with Gasteiger partial charge in [0.15, 0.2) is 0 Å². The molecule has 0 aliphatic heterocycles. The minimum Gasteiger partial charge on any atom is -0.395 e. The van der Waals surface area contributed by atoms with Crippen LogP contribution in [0, 0.1) is 0 Å². The third-order valence-corrected chi connectivity index (χ3v) is 3.14. The predicted molar refractivity (Wildman–Crippen MR) is 56.3 cm³/mol. The first-order valence-corrected chi connectivity index (χ1v) is 5.27. The van der Waals surface area contributed by atoms with Crippen LogP contribution in [0.15, 0.2) is 35.2 Å². The molecule has 0 saturated heterocycles. The van der Waals surface area contributed by atoms with Crippen molar-refractivity contribution in [2.24, 2.45) is 0 Å². The highest BCUT2D eigenvalue weighted by Crippen LogP contribution is 2.24. The van der Waals surface area contributed by atoms with E-state index < -0.39 is 6.10 Å². The summed E-state index contributed by atoms with van der Waals surface area (Å²) in [6, 6.07) is 9.49. The molecular weight excluding hydrogens is 200 g/mol. The van der Waals surface area contributed by atoms with Gasteiger partial charge in [-0.25, -0.2) is 0 Å². The Balaban J connectivity index is 2.57. The van der Waals surface area contributed by atoms with E-state index in [0.29, 0.717) is 0 Å². The third kappa shape index (κ3) is 3.31. The number of thioether (sulfide) groups is 1. The normalized spacial score (nSPS) is 15.1. The summed E-state index contributed by atoms with van der Waals surface area (Å²) in [6.45, 7) is -0.480. The SMILES string of the molecule is OCC(O)C(CO)Sc1ccccc1. The van der Waals surface area contributed by atoms with E-state index in [1.807, 2.05) is 30.3 Å². The van der Waals surface area contributed by atoms with Gasteiger partial charge < -0.3 is 15.3 Å². The average molecular weight is 214 g/mol. The van der Waals surface area contributed by atoms with Gasteiger partial charge in [-0.1, -0.05) is 18.2 Å². The van der Waals surface area contributed by atoms with E-state index in [-0.39, 0.29) is 18.5 Å². The van der Waals surface area contributed by atoms with Gasteiger partial charge in [0.25, 0.3) is 0 Å². The Hall–Kier alpha value is -0.550. The molecule has 0 bridgehead atoms. The lowest BCUT2D eigenvalue weighted by Gasteiger charge is -2.18. The van der Waals surface area contributed by atoms with Gasteiger partial charge in [-0.15, -0.1) is 11.8 Å². The molecule has 4 heteroatoms. The summed E-state index contributed by atoms with van der Waals surface area (Å²) in [5.41, 5.74) is 0. The van der Waals surface area contributed by atoms with Gasteiger partial charge in [-0.05, 0) is 12.1 Å². The lowest BCUT2D eigenvalue weighted by atomic mass is 10.3. The Labute approximate surface area is 87.4 Å². The molecule has 0 fully saturated rings. The summed E-state index contributed by atoms with van der Waals surface area (Å²) in [5, 5.41) is 26.7. The molecule has 0 saturated carbocycles. The molecule has 1 aromatic carbocycles. The van der Waals surface area contributed by atoms with Gasteiger partial charge in [0.1, 0.15) is 0 Å². The molecule has 0 aliphatic rings. The summed E-state index contributed by atoms with van der Waals surface area (Å²) in [7, 11) is 0. The number of aliphatic hydroxyl groups is 3. The molecule has 3 N–H and O–H groups in total. The zero-order valence-corrected chi connectivity index (χ0v) is 8.52. The smallest absolute Gasteiger partial charge is 0.0914 e. The molecule has 78 valence electrons. The molecule has 14 heavy (non-hydrogen) atoms. The molecule has 2 unspecified atom stereocenters. The van der Waals surface area contributed by atoms with Gasteiger partial charge in [-0.2, -0.15) is 0 Å². The van der Waals surface area contributed by atoms with Gasteiger partial charge in [0.2, 0.25) is 0 Å². The van der Waals surface area contributed by atoms with E-state index in [9.17, 15) is 5.11 Å². The molecule has 1 aromatic rings. The molecular formula is C10H14O3S. The number of rotatable bonds is 5. The maximum Gasteiger partial charge on any atom is 0.0914 e. The first-order chi connectivity index (χ1) is 6.77. The first-order valence-electron chi connectivity index (χ1n) is 4.39. The maximum atomic E-state index is 9.35. The maximum absolute atomic E-state index is 9.35. The van der Waals surface area contributed by atoms with Crippen molar-refractivity contribution in [1.82, 2.24) is 0 Å². The van der Waals surface area contributed by atoms with Crippen LogP contribution in [0.4, 0.5) is 0 Å². The monoisotopic (exact) mass is 214 g/mol. The van der Waals surface area contributed by atoms with Crippen molar-refractivity contribution in [3.63, 3.8) is 0 Å². The highest BCUT2D eigenvalue weighted by Gasteiger charge is 2.18. The topological polar surface area (TPSA) is 60.7 Å². The molecule has 1 rings (SSSR count). The highest BCUT2D eigenvalue weighted by molar-refractivity contribution is 8.00. The van der Waals surface area contributed by atoms with Crippen LogP contribution in [0.5, 0.6) is 0 Å². The van der Waals surface area contributed by atoms with Crippen molar-refractivity contribution in [3.05, 3.63) is 30.3 Å². The van der Waals surface area contributed by atoms with E-state index in [4.69, 9.17) is 10.2 Å². The van der Waals surface area contributed by atoms with Crippen molar-refractivity contribution >= 4 is 11.8 Å². The number of aliphatic hydroxyl groups excluding tert-OH is 3. The molecule has 0 aromatic heterocycles. The van der Waals surface area contributed by atoms with Gasteiger partial charge in [0, 0.05) is 4.90 Å². The van der Waals surface area contributed by atoms with Crippen molar-refractivity contribution < 1.29 is 15.3 Å². The first kappa shape index (κ1) is 11.5. The van der Waals surface area contributed by atoms with Crippen LogP contribution in [0.25, 0.3) is 0 Å². The summed E-state index contributed by atoms with van der Waals surface area (Å²) in [6.07, 6.45) is -0.884. The second-order valence-corrected chi connectivity index (χ2v) is 4.21. The lowest BCUT2D eigenvalue weighted by molar-refractivity contribution is 0.0776. The van der Waals surface area contributed by atoms with Gasteiger partial charge in [-0.3, -0.25) is 0 Å². The van der Waals surface area contributed by atoms with E-state index >= 15 is 0 Å². The Bertz CT molecular complexity index is 253. The Kier molecular flexibility index (Phi) is 4.97. The van der Waals surface area contributed by atoms with Gasteiger partial charge >= 0.3 is 0 Å². The van der Waals surface area contributed by atoms with Gasteiger partial charge in [0.05, 0.1) is 24.6 Å². The molecule has 0 amide bonds. The van der Waals surface area contributed by atoms with Crippen LogP contribution in [0.1, 0.15) is 0 Å². The summed E-state index contributed by atoms with van der Waals surface area (Å²) in [5.74, 6) is 0. The molecule has 3 nitrogen and oxygen atoms in total. The van der Waals surface area contributed by atoms with Crippen molar-refractivity contribution in [2.45, 2.75) is 16.2 Å². The van der Waals surface area contributed by atoms with E-state index in [1.54, 1.807) is 0 Å². The second kappa shape index (κ2) is 6.03. The molecule has 0 radical (unpaired) electrons. The quantitative estimate of drug-likeness (QED) is 0.624. The minimum atomic E-state index is -0.884. The summed E-state index contributed by atoms with van der Waals surface area (Å²) in [4.78, 5) is 0.971. The van der Waals surface area contributed by atoms with Crippen molar-refractivity contribution in [3.8, 4) is 0 Å². The van der Waals surface area contributed by atoms with Crippen molar-refractivity contribution in [1.29, 1.82) is 0 Å². The van der Waals surface area contributed by atoms with E-state index in [1.165, 1.54) is 11.8 Å². The molecule has 2 atom stereocenters. The van der Waals surface area contributed by atoms with E-state index in [0.717, 1.165) is 4.90 Å². The van der Waals surface area contributed by atoms with Crippen LogP contribution >= 0.6 is 11.8 Å². The number of hydrogen-bond donors (Lipinski definition) is 3. The second-order valence-electron chi connectivity index (χ2n) is 2.90. The van der Waals surface area contributed by atoms with Crippen LogP contribution in [0.3, 0.4) is 0 Å². The zero-order chi connectivity index (χ0) is 10.4. The van der Waals surface area contributed by atoms with Crippen LogP contribution in [-0.2, 0) is 0 Å². The fraction of sp³-hybridized carbons (Fsp3) is 0.400. The Morgan fingerprint density at radius 1 is 1.07 bits per heavy atom. The highest BCUT2D eigenvalue weighted by atomic mass is 32.2. The van der Waals surface area contributed by atoms with E-state index in [2.05, 4.69) is 0 Å². The van der Waals surface area contributed by atoms with Crippen LogP contribution in [-0.4, -0.2) is 39.9 Å². The standard InChI is InChI=1S/C10H14O3S/c11-6-9(13)10(7-12)14-8-4-2-1-3-5-8/h1-5,9-13H,6-7H2. The Morgan fingerprint density at radius 2 is 1.71 bits per heavy atom. The third-order valence-electron chi connectivity index (χ3n) is 1.83. The molecule has 0 aliphatic carbocycles. The fourth-order valence-corrected chi connectivity index (χ4v) is 2.01. The van der Waals surface area contributed by atoms with Crippen molar-refractivity contribution in [2.75, 3.05) is 13.2 Å². The minimum absolute atomic E-state index is 0.152. The average Bonchev–Trinajstić information content (AvgIpc) is 2.26. The fourth-order valence-electron chi connectivity index (χ4n) is 1.03. The molecule has 0 heterocycles. The summed E-state index contributed by atoms with van der Waals surface area (Å²) < 4.78 is 0.